The predicted octanol–water partition coefficient (Wildman–Crippen LogP) is 5.63. The molecule has 0 radical (unpaired) electrons. The molecule has 1 aliphatic rings. The standard InChI is InChI=1S/C23H27NO2/c1-2-3-4-5-6-7-11-17-24-21-19(18-13-9-8-10-14-18)15-12-16-20(21)22(25)23(24)26/h8-10,12-16H,2-7,11,17H2,1H3. The van der Waals surface area contributed by atoms with Crippen molar-refractivity contribution < 1.29 is 9.59 Å². The summed E-state index contributed by atoms with van der Waals surface area (Å²) in [4.78, 5) is 26.6. The molecule has 1 amide bonds. The van der Waals surface area contributed by atoms with Crippen LogP contribution in [0.15, 0.2) is 48.5 Å². The topological polar surface area (TPSA) is 37.4 Å². The van der Waals surface area contributed by atoms with Crippen LogP contribution in [-0.4, -0.2) is 18.2 Å². The number of hydrogen-bond acceptors (Lipinski definition) is 2. The summed E-state index contributed by atoms with van der Waals surface area (Å²) in [6.07, 6.45) is 8.34. The highest BCUT2D eigenvalue weighted by Gasteiger charge is 2.37. The number of carbonyl (C=O) groups is 2. The van der Waals surface area contributed by atoms with Gasteiger partial charge in [-0.1, -0.05) is 87.9 Å². The zero-order chi connectivity index (χ0) is 18.4. The lowest BCUT2D eigenvalue weighted by Crippen LogP contribution is -2.30. The van der Waals surface area contributed by atoms with E-state index in [4.69, 9.17) is 0 Å². The third-order valence-electron chi connectivity index (χ3n) is 5.06. The van der Waals surface area contributed by atoms with Crippen LogP contribution in [0.3, 0.4) is 0 Å². The van der Waals surface area contributed by atoms with Gasteiger partial charge in [-0.25, -0.2) is 0 Å². The van der Waals surface area contributed by atoms with Gasteiger partial charge < -0.3 is 4.90 Å². The zero-order valence-electron chi connectivity index (χ0n) is 15.5. The number of amides is 1. The molecule has 2 aromatic carbocycles. The minimum Gasteiger partial charge on any atom is -0.304 e. The zero-order valence-corrected chi connectivity index (χ0v) is 15.5. The molecule has 3 heteroatoms. The summed E-state index contributed by atoms with van der Waals surface area (Å²) in [5.74, 6) is -0.755. The first kappa shape index (κ1) is 18.4. The summed E-state index contributed by atoms with van der Waals surface area (Å²) >= 11 is 0. The number of Topliss-reactive ketones (excluding diaryl/α,β-unsaturated/α-hetero) is 1. The fourth-order valence-electron chi connectivity index (χ4n) is 3.65. The summed E-state index contributed by atoms with van der Waals surface area (Å²) in [7, 11) is 0. The van der Waals surface area contributed by atoms with E-state index in [1.165, 1.54) is 32.1 Å². The number of rotatable bonds is 9. The maximum absolute atomic E-state index is 12.5. The van der Waals surface area contributed by atoms with Crippen LogP contribution in [0.2, 0.25) is 0 Å². The Morgan fingerprint density at radius 1 is 0.731 bits per heavy atom. The maximum atomic E-state index is 12.5. The number of para-hydroxylation sites is 1. The van der Waals surface area contributed by atoms with Crippen molar-refractivity contribution in [3.8, 4) is 11.1 Å². The Bertz CT molecular complexity index is 767. The number of fused-ring (bicyclic) bond motifs is 1. The Hall–Kier alpha value is -2.42. The van der Waals surface area contributed by atoms with Crippen LogP contribution in [0, 0.1) is 0 Å². The highest BCUT2D eigenvalue weighted by atomic mass is 16.2. The van der Waals surface area contributed by atoms with Crippen LogP contribution in [-0.2, 0) is 4.79 Å². The molecule has 0 saturated carbocycles. The van der Waals surface area contributed by atoms with Gasteiger partial charge in [0.2, 0.25) is 0 Å². The summed E-state index contributed by atoms with van der Waals surface area (Å²) in [6, 6.07) is 15.6. The second kappa shape index (κ2) is 8.79. The van der Waals surface area contributed by atoms with Crippen LogP contribution < -0.4 is 4.90 Å². The smallest absolute Gasteiger partial charge is 0.299 e. The maximum Gasteiger partial charge on any atom is 0.299 e. The van der Waals surface area contributed by atoms with E-state index in [9.17, 15) is 9.59 Å². The molecule has 0 fully saturated rings. The van der Waals surface area contributed by atoms with Crippen LogP contribution in [0.1, 0.15) is 62.2 Å². The molecule has 0 spiro atoms. The fourth-order valence-corrected chi connectivity index (χ4v) is 3.65. The Kier molecular flexibility index (Phi) is 6.21. The highest BCUT2D eigenvalue weighted by Crippen LogP contribution is 2.38. The summed E-state index contributed by atoms with van der Waals surface area (Å²) in [6.45, 7) is 2.84. The van der Waals surface area contributed by atoms with E-state index in [1.54, 1.807) is 11.0 Å². The normalized spacial score (nSPS) is 13.3. The van der Waals surface area contributed by atoms with Gasteiger partial charge in [0.05, 0.1) is 11.3 Å². The van der Waals surface area contributed by atoms with Gasteiger partial charge in [-0.15, -0.1) is 0 Å². The van der Waals surface area contributed by atoms with Crippen LogP contribution in [0.25, 0.3) is 11.1 Å². The largest absolute Gasteiger partial charge is 0.304 e. The molecular weight excluding hydrogens is 322 g/mol. The molecule has 0 atom stereocenters. The molecule has 1 heterocycles. The third-order valence-corrected chi connectivity index (χ3v) is 5.06. The fraction of sp³-hybridized carbons (Fsp3) is 0.391. The Labute approximate surface area is 156 Å². The first-order valence-electron chi connectivity index (χ1n) is 9.78. The molecule has 0 aliphatic carbocycles. The molecule has 0 saturated heterocycles. The average Bonchev–Trinajstić information content (AvgIpc) is 2.93. The number of ketones is 1. The van der Waals surface area contributed by atoms with E-state index in [1.807, 2.05) is 42.5 Å². The van der Waals surface area contributed by atoms with E-state index in [0.29, 0.717) is 12.1 Å². The van der Waals surface area contributed by atoms with Crippen LogP contribution in [0.5, 0.6) is 0 Å². The SMILES string of the molecule is CCCCCCCCCN1C(=O)C(=O)c2cccc(-c3ccccc3)c21. The molecule has 0 aromatic heterocycles. The highest BCUT2D eigenvalue weighted by molar-refractivity contribution is 6.53. The Morgan fingerprint density at radius 3 is 2.12 bits per heavy atom. The van der Waals surface area contributed by atoms with Gasteiger partial charge >= 0.3 is 0 Å². The lowest BCUT2D eigenvalue weighted by molar-refractivity contribution is -0.114. The first-order valence-corrected chi connectivity index (χ1v) is 9.78. The number of unbranched alkanes of at least 4 members (excludes halogenated alkanes) is 6. The van der Waals surface area contributed by atoms with Gasteiger partial charge in [0.25, 0.3) is 11.7 Å². The lowest BCUT2D eigenvalue weighted by atomic mass is 10.00. The van der Waals surface area contributed by atoms with Gasteiger partial charge in [-0.05, 0) is 18.1 Å². The van der Waals surface area contributed by atoms with Gasteiger partial charge in [0, 0.05) is 12.1 Å². The molecule has 3 nitrogen and oxygen atoms in total. The number of hydrogen-bond donors (Lipinski definition) is 0. The van der Waals surface area contributed by atoms with E-state index in [2.05, 4.69) is 6.92 Å². The van der Waals surface area contributed by atoms with Crippen molar-refractivity contribution in [2.24, 2.45) is 0 Å². The average molecular weight is 349 g/mol. The van der Waals surface area contributed by atoms with Crippen molar-refractivity contribution in [2.45, 2.75) is 51.9 Å². The molecular formula is C23H27NO2. The third kappa shape index (κ3) is 3.87. The first-order chi connectivity index (χ1) is 12.7. The second-order valence-electron chi connectivity index (χ2n) is 6.98. The minimum atomic E-state index is -0.380. The van der Waals surface area contributed by atoms with E-state index >= 15 is 0 Å². The molecule has 2 aromatic rings. The Morgan fingerprint density at radius 2 is 1.38 bits per heavy atom. The number of benzene rings is 2. The molecule has 0 unspecified atom stereocenters. The van der Waals surface area contributed by atoms with Crippen LogP contribution in [0.4, 0.5) is 5.69 Å². The Balaban J connectivity index is 1.73. The quantitative estimate of drug-likeness (QED) is 0.434. The molecule has 3 rings (SSSR count). The predicted molar refractivity (Wildman–Crippen MR) is 107 cm³/mol. The van der Waals surface area contributed by atoms with Gasteiger partial charge in [0.1, 0.15) is 0 Å². The van der Waals surface area contributed by atoms with Gasteiger partial charge in [-0.2, -0.15) is 0 Å². The van der Waals surface area contributed by atoms with E-state index in [-0.39, 0.29) is 11.7 Å². The number of anilines is 1. The summed E-state index contributed by atoms with van der Waals surface area (Å²) in [5, 5.41) is 0. The van der Waals surface area contributed by atoms with Crippen molar-refractivity contribution >= 4 is 17.4 Å². The second-order valence-corrected chi connectivity index (χ2v) is 6.98. The monoisotopic (exact) mass is 349 g/mol. The van der Waals surface area contributed by atoms with Gasteiger partial charge in [-0.3, -0.25) is 9.59 Å². The van der Waals surface area contributed by atoms with E-state index in [0.717, 1.165) is 29.7 Å². The molecule has 0 N–H and O–H groups in total. The van der Waals surface area contributed by atoms with Crippen molar-refractivity contribution in [1.82, 2.24) is 0 Å². The van der Waals surface area contributed by atoms with Crippen molar-refractivity contribution in [3.05, 3.63) is 54.1 Å². The van der Waals surface area contributed by atoms with Crippen molar-refractivity contribution in [1.29, 1.82) is 0 Å². The molecule has 1 aliphatic heterocycles. The molecule has 26 heavy (non-hydrogen) atoms. The van der Waals surface area contributed by atoms with Gasteiger partial charge in [0.15, 0.2) is 0 Å². The summed E-state index contributed by atoms with van der Waals surface area (Å²) in [5.41, 5.74) is 3.33. The molecule has 136 valence electrons. The van der Waals surface area contributed by atoms with Crippen molar-refractivity contribution in [2.75, 3.05) is 11.4 Å². The van der Waals surface area contributed by atoms with Crippen molar-refractivity contribution in [3.63, 3.8) is 0 Å². The summed E-state index contributed by atoms with van der Waals surface area (Å²) < 4.78 is 0. The number of nitrogens with zero attached hydrogens (tertiary/aromatic N) is 1. The molecule has 0 bridgehead atoms. The lowest BCUT2D eigenvalue weighted by Gasteiger charge is -2.20. The van der Waals surface area contributed by atoms with Crippen LogP contribution >= 0.6 is 0 Å². The van der Waals surface area contributed by atoms with E-state index < -0.39 is 0 Å². The minimum absolute atomic E-state index is 0.374. The number of carbonyl (C=O) groups excluding carboxylic acids is 2.